The van der Waals surface area contributed by atoms with Gasteiger partial charge in [-0.25, -0.2) is 0 Å². The zero-order chi connectivity index (χ0) is 12.6. The van der Waals surface area contributed by atoms with Crippen molar-refractivity contribution in [3.63, 3.8) is 0 Å². The number of aromatic hydroxyl groups is 1. The number of rotatable bonds is 2. The third kappa shape index (κ3) is 2.22. The second kappa shape index (κ2) is 4.30. The molecule has 0 fully saturated rings. The fourth-order valence-electron chi connectivity index (χ4n) is 1.74. The van der Waals surface area contributed by atoms with Crippen LogP contribution in [0.1, 0.15) is 25.3 Å². The number of benzene rings is 1. The van der Waals surface area contributed by atoms with Crippen LogP contribution in [0.4, 0.5) is 5.82 Å². The SMILES string of the molecule is CC(C)c1cc(Cl)cc(-c2cc(N)n[nH]2)c1O. The molecule has 1 aromatic heterocycles. The Morgan fingerprint density at radius 3 is 2.59 bits per heavy atom. The first-order valence-corrected chi connectivity index (χ1v) is 5.70. The van der Waals surface area contributed by atoms with Crippen LogP contribution in [0.15, 0.2) is 18.2 Å². The Hall–Kier alpha value is -1.68. The van der Waals surface area contributed by atoms with E-state index in [1.54, 1.807) is 18.2 Å². The molecule has 4 nitrogen and oxygen atoms in total. The minimum absolute atomic E-state index is 0.188. The number of phenols is 1. The zero-order valence-electron chi connectivity index (χ0n) is 9.66. The Morgan fingerprint density at radius 1 is 1.35 bits per heavy atom. The van der Waals surface area contributed by atoms with Gasteiger partial charge in [-0.1, -0.05) is 25.4 Å². The smallest absolute Gasteiger partial charge is 0.145 e. The van der Waals surface area contributed by atoms with Gasteiger partial charge in [0.2, 0.25) is 0 Å². The van der Waals surface area contributed by atoms with Crippen molar-refractivity contribution in [3.05, 3.63) is 28.8 Å². The number of nitrogen functional groups attached to an aromatic ring is 1. The predicted octanol–water partition coefficient (Wildman–Crippen LogP) is 3.14. The number of aromatic amines is 1. The summed E-state index contributed by atoms with van der Waals surface area (Å²) < 4.78 is 0. The second-order valence-electron chi connectivity index (χ2n) is 4.25. The van der Waals surface area contributed by atoms with E-state index in [1.807, 2.05) is 13.8 Å². The monoisotopic (exact) mass is 251 g/mol. The van der Waals surface area contributed by atoms with Crippen molar-refractivity contribution in [3.8, 4) is 17.0 Å². The molecule has 0 aliphatic carbocycles. The third-order valence-electron chi connectivity index (χ3n) is 2.61. The number of phenolic OH excluding ortho intramolecular Hbond substituents is 1. The lowest BCUT2D eigenvalue weighted by Crippen LogP contribution is -1.91. The Bertz CT molecular complexity index is 549. The molecule has 0 aliphatic heterocycles. The van der Waals surface area contributed by atoms with Gasteiger partial charge in [-0.05, 0) is 23.6 Å². The summed E-state index contributed by atoms with van der Waals surface area (Å²) >= 11 is 6.05. The Labute approximate surface area is 104 Å². The fraction of sp³-hybridized carbons (Fsp3) is 0.250. The van der Waals surface area contributed by atoms with E-state index in [4.69, 9.17) is 17.3 Å². The molecule has 0 unspecified atom stereocenters. The normalized spacial score (nSPS) is 11.1. The Balaban J connectivity index is 2.61. The maximum atomic E-state index is 10.2. The summed E-state index contributed by atoms with van der Waals surface area (Å²) in [7, 11) is 0. The van der Waals surface area contributed by atoms with E-state index in [2.05, 4.69) is 10.2 Å². The van der Waals surface area contributed by atoms with Crippen LogP contribution in [0.5, 0.6) is 5.75 Å². The molecule has 2 rings (SSSR count). The predicted molar refractivity (Wildman–Crippen MR) is 69.2 cm³/mol. The molecule has 17 heavy (non-hydrogen) atoms. The van der Waals surface area contributed by atoms with Crippen molar-refractivity contribution < 1.29 is 5.11 Å². The van der Waals surface area contributed by atoms with Gasteiger partial charge < -0.3 is 10.8 Å². The number of aromatic nitrogens is 2. The highest BCUT2D eigenvalue weighted by atomic mass is 35.5. The fourth-order valence-corrected chi connectivity index (χ4v) is 1.97. The Morgan fingerprint density at radius 2 is 2.06 bits per heavy atom. The molecular weight excluding hydrogens is 238 g/mol. The lowest BCUT2D eigenvalue weighted by molar-refractivity contribution is 0.466. The summed E-state index contributed by atoms with van der Waals surface area (Å²) in [6.07, 6.45) is 0. The van der Waals surface area contributed by atoms with E-state index in [1.165, 1.54) is 0 Å². The van der Waals surface area contributed by atoms with E-state index < -0.39 is 0 Å². The highest BCUT2D eigenvalue weighted by Crippen LogP contribution is 2.37. The van der Waals surface area contributed by atoms with Crippen LogP contribution in [0.2, 0.25) is 5.02 Å². The van der Waals surface area contributed by atoms with Crippen LogP contribution in [0.25, 0.3) is 11.3 Å². The van der Waals surface area contributed by atoms with Gasteiger partial charge in [-0.15, -0.1) is 0 Å². The summed E-state index contributed by atoms with van der Waals surface area (Å²) in [5.41, 5.74) is 7.62. The van der Waals surface area contributed by atoms with Gasteiger partial charge in [-0.2, -0.15) is 5.10 Å². The number of H-pyrrole nitrogens is 1. The highest BCUT2D eigenvalue weighted by molar-refractivity contribution is 6.31. The van der Waals surface area contributed by atoms with Crippen LogP contribution in [-0.4, -0.2) is 15.3 Å². The van der Waals surface area contributed by atoms with Crippen LogP contribution in [0, 0.1) is 0 Å². The van der Waals surface area contributed by atoms with Crippen molar-refractivity contribution in [1.29, 1.82) is 0 Å². The van der Waals surface area contributed by atoms with Gasteiger partial charge in [0.25, 0.3) is 0 Å². The average Bonchev–Trinajstić information content (AvgIpc) is 2.67. The van der Waals surface area contributed by atoms with Gasteiger partial charge in [0.15, 0.2) is 0 Å². The molecule has 0 radical (unpaired) electrons. The molecule has 0 aliphatic rings. The van der Waals surface area contributed by atoms with Crippen molar-refractivity contribution >= 4 is 17.4 Å². The summed E-state index contributed by atoms with van der Waals surface area (Å²) in [6, 6.07) is 5.12. The van der Waals surface area contributed by atoms with E-state index in [-0.39, 0.29) is 11.7 Å². The molecule has 1 aromatic carbocycles. The number of nitrogens with zero attached hydrogens (tertiary/aromatic N) is 1. The van der Waals surface area contributed by atoms with Crippen LogP contribution < -0.4 is 5.73 Å². The first-order chi connectivity index (χ1) is 7.99. The van der Waals surface area contributed by atoms with Crippen LogP contribution >= 0.6 is 11.6 Å². The molecule has 0 atom stereocenters. The molecular formula is C12H14ClN3O. The molecule has 90 valence electrons. The minimum atomic E-state index is 0.188. The molecule has 4 N–H and O–H groups in total. The van der Waals surface area contributed by atoms with Gasteiger partial charge in [-0.3, -0.25) is 5.10 Å². The molecule has 0 bridgehead atoms. The highest BCUT2D eigenvalue weighted by Gasteiger charge is 2.15. The number of anilines is 1. The first kappa shape index (κ1) is 11.8. The molecule has 1 heterocycles. The van der Waals surface area contributed by atoms with Crippen molar-refractivity contribution in [2.24, 2.45) is 0 Å². The molecule has 0 saturated heterocycles. The number of nitrogens with two attached hydrogens (primary N) is 1. The number of halogens is 1. The molecule has 0 spiro atoms. The van der Waals surface area contributed by atoms with Crippen LogP contribution in [-0.2, 0) is 0 Å². The zero-order valence-corrected chi connectivity index (χ0v) is 10.4. The van der Waals surface area contributed by atoms with E-state index in [0.29, 0.717) is 22.1 Å². The van der Waals surface area contributed by atoms with Gasteiger partial charge in [0.1, 0.15) is 11.6 Å². The van der Waals surface area contributed by atoms with Crippen molar-refractivity contribution in [2.45, 2.75) is 19.8 Å². The standard InChI is InChI=1S/C12H14ClN3O/c1-6(2)8-3-7(13)4-9(12(8)17)10-5-11(14)16-15-10/h3-6,17H,1-2H3,(H3,14,15,16). The van der Waals surface area contributed by atoms with Gasteiger partial charge >= 0.3 is 0 Å². The lowest BCUT2D eigenvalue weighted by Gasteiger charge is -2.12. The van der Waals surface area contributed by atoms with E-state index in [0.717, 1.165) is 5.56 Å². The molecule has 5 heteroatoms. The second-order valence-corrected chi connectivity index (χ2v) is 4.69. The maximum Gasteiger partial charge on any atom is 0.145 e. The van der Waals surface area contributed by atoms with E-state index in [9.17, 15) is 5.11 Å². The number of hydrogen-bond acceptors (Lipinski definition) is 3. The van der Waals surface area contributed by atoms with Crippen LogP contribution in [0.3, 0.4) is 0 Å². The summed E-state index contributed by atoms with van der Waals surface area (Å²) in [4.78, 5) is 0. The van der Waals surface area contributed by atoms with E-state index >= 15 is 0 Å². The largest absolute Gasteiger partial charge is 0.507 e. The van der Waals surface area contributed by atoms with Gasteiger partial charge in [0.05, 0.1) is 5.69 Å². The summed E-state index contributed by atoms with van der Waals surface area (Å²) in [5.74, 6) is 0.784. The number of hydrogen-bond donors (Lipinski definition) is 3. The summed E-state index contributed by atoms with van der Waals surface area (Å²) in [6.45, 7) is 3.99. The number of nitrogens with one attached hydrogen (secondary N) is 1. The van der Waals surface area contributed by atoms with Gasteiger partial charge in [0, 0.05) is 16.7 Å². The summed E-state index contributed by atoms with van der Waals surface area (Å²) in [5, 5.41) is 17.4. The maximum absolute atomic E-state index is 10.2. The lowest BCUT2D eigenvalue weighted by atomic mass is 9.98. The minimum Gasteiger partial charge on any atom is -0.507 e. The molecule has 0 amide bonds. The molecule has 2 aromatic rings. The molecule has 0 saturated carbocycles. The van der Waals surface area contributed by atoms with Crippen molar-refractivity contribution in [1.82, 2.24) is 10.2 Å². The van der Waals surface area contributed by atoms with Crippen molar-refractivity contribution in [2.75, 3.05) is 5.73 Å². The first-order valence-electron chi connectivity index (χ1n) is 5.32. The topological polar surface area (TPSA) is 74.9 Å². The quantitative estimate of drug-likeness (QED) is 0.768. The Kier molecular flexibility index (Phi) is 2.98. The average molecular weight is 252 g/mol. The third-order valence-corrected chi connectivity index (χ3v) is 2.83.